The van der Waals surface area contributed by atoms with Crippen molar-refractivity contribution >= 4 is 17.5 Å². The van der Waals surface area contributed by atoms with Crippen molar-refractivity contribution < 1.29 is 4.79 Å². The molecule has 1 aromatic carbocycles. The van der Waals surface area contributed by atoms with Gasteiger partial charge in [0.1, 0.15) is 0 Å². The lowest BCUT2D eigenvalue weighted by Crippen LogP contribution is -2.16. The highest BCUT2D eigenvalue weighted by molar-refractivity contribution is 7.99. The molecule has 1 aliphatic carbocycles. The summed E-state index contributed by atoms with van der Waals surface area (Å²) in [5, 5.41) is 6.94. The smallest absolute Gasteiger partial charge is 0.293 e. The van der Waals surface area contributed by atoms with E-state index in [4.69, 9.17) is 0 Å². The third-order valence-electron chi connectivity index (χ3n) is 4.04. The first-order valence-corrected chi connectivity index (χ1v) is 8.60. The minimum atomic E-state index is -0.230. The van der Waals surface area contributed by atoms with Crippen molar-refractivity contribution in [1.29, 1.82) is 0 Å². The normalized spacial score (nSPS) is 13.9. The summed E-state index contributed by atoms with van der Waals surface area (Å²) in [6.45, 7) is 2.43. The Bertz CT molecular complexity index is 748. The van der Waals surface area contributed by atoms with E-state index in [-0.39, 0.29) is 11.5 Å². The van der Waals surface area contributed by atoms with Crippen LogP contribution in [0.1, 0.15) is 41.3 Å². The van der Waals surface area contributed by atoms with Gasteiger partial charge in [0.2, 0.25) is 0 Å². The van der Waals surface area contributed by atoms with Gasteiger partial charge in [-0.2, -0.15) is 0 Å². The van der Waals surface area contributed by atoms with Crippen molar-refractivity contribution in [3.8, 4) is 0 Å². The molecule has 0 amide bonds. The highest BCUT2D eigenvalue weighted by atomic mass is 32.2. The van der Waals surface area contributed by atoms with E-state index >= 15 is 0 Å². The molecule has 116 valence electrons. The maximum Gasteiger partial charge on any atom is 0.343 e. The van der Waals surface area contributed by atoms with Gasteiger partial charge in [-0.15, -0.1) is 5.10 Å². The summed E-state index contributed by atoms with van der Waals surface area (Å²) in [5.41, 5.74) is 3.22. The van der Waals surface area contributed by atoms with Crippen LogP contribution in [0.15, 0.2) is 28.2 Å². The van der Waals surface area contributed by atoms with E-state index in [2.05, 4.69) is 16.3 Å². The zero-order valence-electron chi connectivity index (χ0n) is 12.6. The highest BCUT2D eigenvalue weighted by Crippen LogP contribution is 2.23. The van der Waals surface area contributed by atoms with E-state index in [0.717, 1.165) is 18.4 Å². The number of H-pyrrole nitrogens is 1. The lowest BCUT2D eigenvalue weighted by Gasteiger charge is -2.16. The van der Waals surface area contributed by atoms with Crippen LogP contribution in [0, 0.1) is 0 Å². The van der Waals surface area contributed by atoms with Gasteiger partial charge in [-0.1, -0.05) is 23.9 Å². The second-order valence-electron chi connectivity index (χ2n) is 5.46. The van der Waals surface area contributed by atoms with Crippen molar-refractivity contribution in [1.82, 2.24) is 14.8 Å². The summed E-state index contributed by atoms with van der Waals surface area (Å²) < 4.78 is 1.53. The molecule has 0 fully saturated rings. The number of aromatic amines is 1. The molecule has 22 heavy (non-hydrogen) atoms. The molecule has 1 aromatic heterocycles. The predicted molar refractivity (Wildman–Crippen MR) is 86.7 cm³/mol. The number of hydrogen-bond donors (Lipinski definition) is 1. The number of aromatic nitrogens is 3. The average Bonchev–Trinajstić information content (AvgIpc) is 2.92. The Hall–Kier alpha value is -1.82. The molecule has 5 nitrogen and oxygen atoms in total. The number of benzene rings is 1. The number of carbonyl (C=O) groups is 1. The Kier molecular flexibility index (Phi) is 4.47. The quantitative estimate of drug-likeness (QED) is 0.679. The van der Waals surface area contributed by atoms with Gasteiger partial charge in [-0.3, -0.25) is 9.36 Å². The van der Waals surface area contributed by atoms with Gasteiger partial charge in [-0.25, -0.2) is 9.89 Å². The second kappa shape index (κ2) is 6.52. The number of rotatable bonds is 5. The molecule has 1 heterocycles. The number of ketones is 1. The van der Waals surface area contributed by atoms with Gasteiger partial charge in [0.15, 0.2) is 10.9 Å². The molecule has 2 aromatic rings. The molecule has 0 saturated heterocycles. The number of carbonyl (C=O) groups excluding carboxylic acids is 1. The summed E-state index contributed by atoms with van der Waals surface area (Å²) in [6.07, 6.45) is 4.63. The van der Waals surface area contributed by atoms with Crippen molar-refractivity contribution in [3.63, 3.8) is 0 Å². The van der Waals surface area contributed by atoms with Gasteiger partial charge < -0.3 is 0 Å². The summed E-state index contributed by atoms with van der Waals surface area (Å²) in [5.74, 6) is 0.375. The number of thioether (sulfide) groups is 1. The van der Waals surface area contributed by atoms with Crippen molar-refractivity contribution in [2.45, 2.75) is 44.3 Å². The first-order valence-electron chi connectivity index (χ1n) is 7.62. The SMILES string of the molecule is CCn1c(SCC(=O)c2ccc3c(c2)CCCC3)n[nH]c1=O. The molecule has 0 bridgehead atoms. The standard InChI is InChI=1S/C16H19N3O2S/c1-2-19-15(21)17-18-16(19)22-10-14(20)13-8-7-11-5-3-4-6-12(11)9-13/h7-9H,2-6,10H2,1H3,(H,17,21). The van der Waals surface area contributed by atoms with E-state index in [1.165, 1.54) is 40.3 Å². The number of Topliss-reactive ketones (excluding diaryl/α,β-unsaturated/α-hetero) is 1. The molecular weight excluding hydrogens is 298 g/mol. The Labute approximate surface area is 133 Å². The molecule has 3 rings (SSSR count). The van der Waals surface area contributed by atoms with E-state index < -0.39 is 0 Å². The fraction of sp³-hybridized carbons (Fsp3) is 0.438. The first kappa shape index (κ1) is 15.1. The van der Waals surface area contributed by atoms with Gasteiger partial charge >= 0.3 is 5.69 Å². The van der Waals surface area contributed by atoms with Crippen LogP contribution in [-0.4, -0.2) is 26.3 Å². The summed E-state index contributed by atoms with van der Waals surface area (Å²) in [7, 11) is 0. The third-order valence-corrected chi connectivity index (χ3v) is 5.02. The van der Waals surface area contributed by atoms with E-state index in [0.29, 0.717) is 17.5 Å². The minimum absolute atomic E-state index is 0.0801. The third kappa shape index (κ3) is 3.02. The Morgan fingerprint density at radius 3 is 2.86 bits per heavy atom. The average molecular weight is 317 g/mol. The van der Waals surface area contributed by atoms with Crippen LogP contribution in [0.25, 0.3) is 0 Å². The van der Waals surface area contributed by atoms with Crippen LogP contribution >= 0.6 is 11.8 Å². The van der Waals surface area contributed by atoms with Crippen LogP contribution in [-0.2, 0) is 19.4 Å². The van der Waals surface area contributed by atoms with Crippen molar-refractivity contribution in [3.05, 3.63) is 45.4 Å². The Balaban J connectivity index is 1.70. The summed E-state index contributed by atoms with van der Waals surface area (Å²) >= 11 is 1.30. The molecule has 0 aliphatic heterocycles. The van der Waals surface area contributed by atoms with Crippen molar-refractivity contribution in [2.75, 3.05) is 5.75 Å². The second-order valence-corrected chi connectivity index (χ2v) is 6.40. The molecule has 1 aliphatic rings. The van der Waals surface area contributed by atoms with Crippen LogP contribution in [0.5, 0.6) is 0 Å². The minimum Gasteiger partial charge on any atom is -0.293 e. The van der Waals surface area contributed by atoms with Gasteiger partial charge in [-0.05, 0) is 49.8 Å². The maximum absolute atomic E-state index is 12.4. The molecule has 0 saturated carbocycles. The predicted octanol–water partition coefficient (Wildman–Crippen LogP) is 2.45. The van der Waals surface area contributed by atoms with Crippen LogP contribution in [0.2, 0.25) is 0 Å². The largest absolute Gasteiger partial charge is 0.343 e. The Morgan fingerprint density at radius 1 is 1.32 bits per heavy atom. The number of nitrogens with one attached hydrogen (secondary N) is 1. The molecule has 0 atom stereocenters. The number of nitrogens with zero attached hydrogens (tertiary/aromatic N) is 2. The molecule has 1 N–H and O–H groups in total. The molecule has 0 unspecified atom stereocenters. The lowest BCUT2D eigenvalue weighted by atomic mass is 9.90. The zero-order valence-corrected chi connectivity index (χ0v) is 13.4. The summed E-state index contributed by atoms with van der Waals surface area (Å²) in [4.78, 5) is 23.9. The van der Waals surface area contributed by atoms with Gasteiger partial charge in [0, 0.05) is 12.1 Å². The number of aryl methyl sites for hydroxylation is 2. The Morgan fingerprint density at radius 2 is 2.09 bits per heavy atom. The maximum atomic E-state index is 12.4. The van der Waals surface area contributed by atoms with Gasteiger partial charge in [0.25, 0.3) is 0 Å². The molecule has 0 spiro atoms. The van der Waals surface area contributed by atoms with Gasteiger partial charge in [0.05, 0.1) is 5.75 Å². The van der Waals surface area contributed by atoms with E-state index in [9.17, 15) is 9.59 Å². The monoisotopic (exact) mass is 317 g/mol. The van der Waals surface area contributed by atoms with E-state index in [1.54, 1.807) is 0 Å². The zero-order chi connectivity index (χ0) is 15.5. The molecule has 6 heteroatoms. The van der Waals surface area contributed by atoms with Crippen LogP contribution in [0.4, 0.5) is 0 Å². The van der Waals surface area contributed by atoms with Crippen LogP contribution in [0.3, 0.4) is 0 Å². The van der Waals surface area contributed by atoms with Crippen molar-refractivity contribution in [2.24, 2.45) is 0 Å². The summed E-state index contributed by atoms with van der Waals surface area (Å²) in [6, 6.07) is 6.04. The molecular formula is C16H19N3O2S. The number of hydrogen-bond acceptors (Lipinski definition) is 4. The topological polar surface area (TPSA) is 67.8 Å². The first-order chi connectivity index (χ1) is 10.7. The van der Waals surface area contributed by atoms with Crippen LogP contribution < -0.4 is 5.69 Å². The fourth-order valence-electron chi connectivity index (χ4n) is 2.81. The number of fused-ring (bicyclic) bond motifs is 1. The lowest BCUT2D eigenvalue weighted by molar-refractivity contribution is 0.102. The molecule has 0 radical (unpaired) electrons. The highest BCUT2D eigenvalue weighted by Gasteiger charge is 2.15. The fourth-order valence-corrected chi connectivity index (χ4v) is 3.72. The van der Waals surface area contributed by atoms with E-state index in [1.807, 2.05) is 19.1 Å².